The second-order valence-electron chi connectivity index (χ2n) is 5.71. The highest BCUT2D eigenvalue weighted by Crippen LogP contribution is 2.19. The van der Waals surface area contributed by atoms with Crippen LogP contribution in [0.3, 0.4) is 0 Å². The molecule has 0 bridgehead atoms. The molecule has 0 aromatic carbocycles. The molecule has 5 heteroatoms. The first-order chi connectivity index (χ1) is 9.22. The summed E-state index contributed by atoms with van der Waals surface area (Å²) in [5.74, 6) is 0.872. The number of rotatable bonds is 4. The van der Waals surface area contributed by atoms with Crippen LogP contribution in [0, 0.1) is 5.92 Å². The molecule has 0 saturated carbocycles. The number of methoxy groups -OCH3 is 1. The van der Waals surface area contributed by atoms with E-state index in [0.717, 1.165) is 45.9 Å². The number of nitrogens with one attached hydrogen (secondary N) is 1. The number of amides is 1. The summed E-state index contributed by atoms with van der Waals surface area (Å²) in [6.07, 6.45) is 2.39. The Labute approximate surface area is 116 Å². The Morgan fingerprint density at radius 3 is 2.79 bits per heavy atom. The van der Waals surface area contributed by atoms with Crippen molar-refractivity contribution in [1.82, 2.24) is 15.1 Å². The molecular formula is C14H27N3O2. The highest BCUT2D eigenvalue weighted by Gasteiger charge is 2.30. The molecule has 2 heterocycles. The van der Waals surface area contributed by atoms with Crippen LogP contribution < -0.4 is 5.32 Å². The minimum absolute atomic E-state index is 0.0118. The number of piperazine rings is 1. The molecule has 2 fully saturated rings. The fraction of sp³-hybridized carbons (Fsp3) is 0.929. The first kappa shape index (κ1) is 14.8. The first-order valence-electron chi connectivity index (χ1n) is 7.45. The minimum Gasteiger partial charge on any atom is -0.384 e. The molecule has 2 unspecified atom stereocenters. The van der Waals surface area contributed by atoms with Crippen LogP contribution in [-0.4, -0.2) is 74.7 Å². The maximum atomic E-state index is 12.5. The molecule has 2 saturated heterocycles. The predicted molar refractivity (Wildman–Crippen MR) is 75.1 cm³/mol. The topological polar surface area (TPSA) is 44.8 Å². The van der Waals surface area contributed by atoms with E-state index < -0.39 is 0 Å². The van der Waals surface area contributed by atoms with Crippen molar-refractivity contribution in [3.63, 3.8) is 0 Å². The molecule has 0 radical (unpaired) electrons. The van der Waals surface area contributed by atoms with Crippen molar-refractivity contribution in [1.29, 1.82) is 0 Å². The van der Waals surface area contributed by atoms with Gasteiger partial charge in [-0.1, -0.05) is 0 Å². The average molecular weight is 269 g/mol. The van der Waals surface area contributed by atoms with Crippen LogP contribution in [0.15, 0.2) is 0 Å². The lowest BCUT2D eigenvalue weighted by molar-refractivity contribution is -0.137. The van der Waals surface area contributed by atoms with Crippen molar-refractivity contribution < 1.29 is 9.53 Å². The van der Waals surface area contributed by atoms with E-state index in [-0.39, 0.29) is 6.04 Å². The largest absolute Gasteiger partial charge is 0.384 e. The van der Waals surface area contributed by atoms with Crippen LogP contribution in [0.4, 0.5) is 0 Å². The number of hydrogen-bond donors (Lipinski definition) is 1. The number of likely N-dealkylation sites (tertiary alicyclic amines) is 1. The Balaban J connectivity index is 1.86. The van der Waals surface area contributed by atoms with Gasteiger partial charge in [0.15, 0.2) is 0 Å². The van der Waals surface area contributed by atoms with Crippen LogP contribution in [0.25, 0.3) is 0 Å². The number of carbonyl (C=O) groups excluding carboxylic acids is 1. The fourth-order valence-electron chi connectivity index (χ4n) is 3.13. The molecule has 2 aliphatic rings. The van der Waals surface area contributed by atoms with E-state index in [1.807, 2.05) is 4.90 Å². The lowest BCUT2D eigenvalue weighted by atomic mass is 9.97. The standard InChI is InChI=1S/C14H27N3O2/c1-12(14(18)16-8-5-15-6-9-16)17-7-3-4-13(10-17)11-19-2/h12-13,15H,3-11H2,1-2H3. The molecule has 0 aromatic heterocycles. The zero-order valence-electron chi connectivity index (χ0n) is 12.2. The van der Waals surface area contributed by atoms with Gasteiger partial charge in [0.25, 0.3) is 0 Å². The Morgan fingerprint density at radius 1 is 1.37 bits per heavy atom. The number of carbonyl (C=O) groups is 1. The zero-order chi connectivity index (χ0) is 13.7. The lowest BCUT2D eigenvalue weighted by Gasteiger charge is -2.38. The van der Waals surface area contributed by atoms with Gasteiger partial charge in [0.2, 0.25) is 5.91 Å². The van der Waals surface area contributed by atoms with Gasteiger partial charge in [-0.2, -0.15) is 0 Å². The van der Waals surface area contributed by atoms with Crippen molar-refractivity contribution >= 4 is 5.91 Å². The average Bonchev–Trinajstić information content (AvgIpc) is 2.47. The summed E-state index contributed by atoms with van der Waals surface area (Å²) < 4.78 is 5.26. The molecule has 1 N–H and O–H groups in total. The quantitative estimate of drug-likeness (QED) is 0.790. The van der Waals surface area contributed by atoms with Gasteiger partial charge in [-0.05, 0) is 32.2 Å². The lowest BCUT2D eigenvalue weighted by Crippen LogP contribution is -2.54. The van der Waals surface area contributed by atoms with Gasteiger partial charge < -0.3 is 15.0 Å². The molecule has 0 aliphatic carbocycles. The van der Waals surface area contributed by atoms with Crippen LogP contribution in [0.1, 0.15) is 19.8 Å². The summed E-state index contributed by atoms with van der Waals surface area (Å²) in [5.41, 5.74) is 0. The number of ether oxygens (including phenoxy) is 1. The van der Waals surface area contributed by atoms with Crippen molar-refractivity contribution in [3.05, 3.63) is 0 Å². The van der Waals surface area contributed by atoms with Gasteiger partial charge in [0.1, 0.15) is 0 Å². The third-order valence-corrected chi connectivity index (χ3v) is 4.29. The maximum Gasteiger partial charge on any atom is 0.239 e. The van der Waals surface area contributed by atoms with Crippen molar-refractivity contribution in [2.75, 3.05) is 53.0 Å². The third kappa shape index (κ3) is 3.91. The van der Waals surface area contributed by atoms with Gasteiger partial charge in [-0.15, -0.1) is 0 Å². The van der Waals surface area contributed by atoms with Crippen LogP contribution in [0.2, 0.25) is 0 Å². The molecule has 2 aliphatic heterocycles. The molecule has 5 nitrogen and oxygen atoms in total. The van der Waals surface area contributed by atoms with E-state index in [1.54, 1.807) is 7.11 Å². The fourth-order valence-corrected chi connectivity index (χ4v) is 3.13. The SMILES string of the molecule is COCC1CCCN(C(C)C(=O)N2CCNCC2)C1. The van der Waals surface area contributed by atoms with E-state index in [0.29, 0.717) is 11.8 Å². The van der Waals surface area contributed by atoms with Crippen molar-refractivity contribution in [2.24, 2.45) is 5.92 Å². The molecule has 19 heavy (non-hydrogen) atoms. The zero-order valence-corrected chi connectivity index (χ0v) is 12.2. The maximum absolute atomic E-state index is 12.5. The van der Waals surface area contributed by atoms with Crippen LogP contribution in [0.5, 0.6) is 0 Å². The molecule has 0 aromatic rings. The van der Waals surface area contributed by atoms with Gasteiger partial charge >= 0.3 is 0 Å². The summed E-state index contributed by atoms with van der Waals surface area (Å²) in [6.45, 7) is 8.43. The summed E-state index contributed by atoms with van der Waals surface area (Å²) in [6, 6.07) is 0.0118. The Hall–Kier alpha value is -0.650. The third-order valence-electron chi connectivity index (χ3n) is 4.29. The number of piperidine rings is 1. The highest BCUT2D eigenvalue weighted by atomic mass is 16.5. The Bertz CT molecular complexity index is 290. The number of hydrogen-bond acceptors (Lipinski definition) is 4. The molecule has 2 atom stereocenters. The Kier molecular flexibility index (Phi) is 5.60. The van der Waals surface area contributed by atoms with E-state index in [9.17, 15) is 4.79 Å². The summed E-state index contributed by atoms with van der Waals surface area (Å²) in [4.78, 5) is 16.8. The molecule has 1 amide bonds. The smallest absolute Gasteiger partial charge is 0.239 e. The van der Waals surface area contributed by atoms with Gasteiger partial charge in [-0.25, -0.2) is 0 Å². The second-order valence-corrected chi connectivity index (χ2v) is 5.71. The van der Waals surface area contributed by atoms with Crippen LogP contribution >= 0.6 is 0 Å². The molecule has 0 spiro atoms. The van der Waals surface area contributed by atoms with Gasteiger partial charge in [-0.3, -0.25) is 9.69 Å². The van der Waals surface area contributed by atoms with Crippen molar-refractivity contribution in [2.45, 2.75) is 25.8 Å². The van der Waals surface area contributed by atoms with Gasteiger partial charge in [0.05, 0.1) is 12.6 Å². The number of nitrogens with zero attached hydrogens (tertiary/aromatic N) is 2. The normalized spacial score (nSPS) is 27.3. The predicted octanol–water partition coefficient (Wildman–Crippen LogP) is 0.165. The van der Waals surface area contributed by atoms with Crippen LogP contribution in [-0.2, 0) is 9.53 Å². The summed E-state index contributed by atoms with van der Waals surface area (Å²) in [5, 5.41) is 3.29. The van der Waals surface area contributed by atoms with E-state index in [2.05, 4.69) is 17.1 Å². The van der Waals surface area contributed by atoms with E-state index in [4.69, 9.17) is 4.74 Å². The summed E-state index contributed by atoms with van der Waals surface area (Å²) in [7, 11) is 1.76. The summed E-state index contributed by atoms with van der Waals surface area (Å²) >= 11 is 0. The molecule has 110 valence electrons. The van der Waals surface area contributed by atoms with E-state index >= 15 is 0 Å². The van der Waals surface area contributed by atoms with Crippen molar-refractivity contribution in [3.8, 4) is 0 Å². The molecular weight excluding hydrogens is 242 g/mol. The van der Waals surface area contributed by atoms with Gasteiger partial charge in [0, 0.05) is 39.8 Å². The second kappa shape index (κ2) is 7.22. The highest BCUT2D eigenvalue weighted by molar-refractivity contribution is 5.81. The Morgan fingerprint density at radius 2 is 2.11 bits per heavy atom. The first-order valence-corrected chi connectivity index (χ1v) is 7.45. The minimum atomic E-state index is 0.0118. The molecule has 2 rings (SSSR count). The van der Waals surface area contributed by atoms with E-state index in [1.165, 1.54) is 12.8 Å². The monoisotopic (exact) mass is 269 g/mol.